The van der Waals surface area contributed by atoms with Crippen LogP contribution in [0.4, 0.5) is 5.69 Å². The Hall–Kier alpha value is -2.96. The first kappa shape index (κ1) is 22.2. The van der Waals surface area contributed by atoms with E-state index in [-0.39, 0.29) is 16.8 Å². The number of nitrogens with one attached hydrogen (secondary N) is 1. The molecule has 0 radical (unpaired) electrons. The van der Waals surface area contributed by atoms with Gasteiger partial charge in [-0.3, -0.25) is 4.79 Å². The summed E-state index contributed by atoms with van der Waals surface area (Å²) in [7, 11) is -1.88. The Morgan fingerprint density at radius 3 is 2.38 bits per heavy atom. The minimum absolute atomic E-state index is 0.0623. The fraction of sp³-hybridized carbons (Fsp3) is 0.269. The highest BCUT2D eigenvalue weighted by Crippen LogP contribution is 2.27. The molecule has 5 nitrogen and oxygen atoms in total. The Bertz CT molecular complexity index is 1220. The summed E-state index contributed by atoms with van der Waals surface area (Å²) in [5.74, 6) is -0.270. The molecule has 0 aliphatic heterocycles. The summed E-state index contributed by atoms with van der Waals surface area (Å²) in [5, 5.41) is 4.99. The molecule has 3 aromatic carbocycles. The highest BCUT2D eigenvalue weighted by atomic mass is 32.2. The van der Waals surface area contributed by atoms with E-state index in [9.17, 15) is 13.2 Å². The van der Waals surface area contributed by atoms with Crippen molar-refractivity contribution in [1.29, 1.82) is 0 Å². The number of fused-ring (bicyclic) bond motifs is 1. The maximum Gasteiger partial charge on any atom is 0.248 e. The Morgan fingerprint density at radius 1 is 0.938 bits per heavy atom. The zero-order chi connectivity index (χ0) is 22.6. The molecule has 166 valence electrons. The topological polar surface area (TPSA) is 66.5 Å². The zero-order valence-electron chi connectivity index (χ0n) is 18.2. The van der Waals surface area contributed by atoms with E-state index in [1.54, 1.807) is 37.4 Å². The monoisotopic (exact) mass is 448 g/mol. The third kappa shape index (κ3) is 4.92. The number of hydrogen-bond acceptors (Lipinski definition) is 3. The van der Waals surface area contributed by atoms with Gasteiger partial charge in [-0.1, -0.05) is 61.7 Å². The number of rotatable bonds is 6. The lowest BCUT2D eigenvalue weighted by atomic mass is 9.96. The van der Waals surface area contributed by atoms with Crippen molar-refractivity contribution in [2.24, 2.45) is 0 Å². The Balaban J connectivity index is 1.43. The molecular formula is C26H28N2O3S. The lowest BCUT2D eigenvalue weighted by Crippen LogP contribution is -2.38. The van der Waals surface area contributed by atoms with Crippen LogP contribution in [0.15, 0.2) is 77.7 Å². The molecule has 1 fully saturated rings. The van der Waals surface area contributed by atoms with Crippen LogP contribution >= 0.6 is 0 Å². The van der Waals surface area contributed by atoms with Gasteiger partial charge in [0.1, 0.15) is 0 Å². The summed E-state index contributed by atoms with van der Waals surface area (Å²) in [5.41, 5.74) is 1.52. The lowest BCUT2D eigenvalue weighted by molar-refractivity contribution is -0.111. The van der Waals surface area contributed by atoms with Gasteiger partial charge in [-0.25, -0.2) is 8.42 Å². The molecule has 0 spiro atoms. The molecule has 3 aromatic rings. The number of nitrogens with zero attached hydrogens (tertiary/aromatic N) is 1. The molecule has 6 heteroatoms. The second-order valence-corrected chi connectivity index (χ2v) is 10.2. The standard InChI is InChI=1S/C26H28N2O3S/c1-28(23-11-3-2-4-12-23)32(30,31)24-17-15-22(16-18-24)27-26(29)19-14-21-10-7-9-20-8-5-6-13-25(20)21/h5-10,13-19,23H,2-4,11-12H2,1H3,(H,27,29)/b19-14+. The molecule has 4 rings (SSSR count). The van der Waals surface area contributed by atoms with E-state index in [2.05, 4.69) is 5.32 Å². The van der Waals surface area contributed by atoms with Gasteiger partial charge in [-0.15, -0.1) is 0 Å². The zero-order valence-corrected chi connectivity index (χ0v) is 19.0. The molecule has 1 aliphatic rings. The van der Waals surface area contributed by atoms with E-state index in [1.807, 2.05) is 42.5 Å². The van der Waals surface area contributed by atoms with Crippen molar-refractivity contribution < 1.29 is 13.2 Å². The van der Waals surface area contributed by atoms with Gasteiger partial charge in [0, 0.05) is 24.9 Å². The summed E-state index contributed by atoms with van der Waals surface area (Å²) in [6.07, 6.45) is 8.41. The van der Waals surface area contributed by atoms with Gasteiger partial charge < -0.3 is 5.32 Å². The summed E-state index contributed by atoms with van der Waals surface area (Å²) in [4.78, 5) is 12.6. The SMILES string of the molecule is CN(C1CCCCC1)S(=O)(=O)c1ccc(NC(=O)/C=C/c2cccc3ccccc23)cc1. The van der Waals surface area contributed by atoms with Gasteiger partial charge in [-0.05, 0) is 59.5 Å². The van der Waals surface area contributed by atoms with Gasteiger partial charge >= 0.3 is 0 Å². The van der Waals surface area contributed by atoms with Gasteiger partial charge in [-0.2, -0.15) is 4.31 Å². The van der Waals surface area contributed by atoms with Crippen molar-refractivity contribution in [3.05, 3.63) is 78.4 Å². The summed E-state index contributed by atoms with van der Waals surface area (Å²) >= 11 is 0. The van der Waals surface area contributed by atoms with E-state index in [1.165, 1.54) is 16.8 Å². The van der Waals surface area contributed by atoms with Crippen LogP contribution < -0.4 is 5.32 Å². The molecule has 0 bridgehead atoms. The smallest absolute Gasteiger partial charge is 0.248 e. The van der Waals surface area contributed by atoms with Crippen molar-refractivity contribution in [1.82, 2.24) is 4.31 Å². The van der Waals surface area contributed by atoms with Crippen LogP contribution in [-0.4, -0.2) is 31.7 Å². The third-order valence-electron chi connectivity index (χ3n) is 6.13. The van der Waals surface area contributed by atoms with Crippen LogP contribution in [0, 0.1) is 0 Å². The first-order valence-corrected chi connectivity index (χ1v) is 12.4. The third-order valence-corrected chi connectivity index (χ3v) is 8.05. The second kappa shape index (κ2) is 9.67. The minimum atomic E-state index is -3.54. The number of carbonyl (C=O) groups excluding carboxylic acids is 1. The molecule has 0 saturated heterocycles. The van der Waals surface area contributed by atoms with Crippen LogP contribution in [0.25, 0.3) is 16.8 Å². The molecule has 1 N–H and O–H groups in total. The van der Waals surface area contributed by atoms with Crippen molar-refractivity contribution in [2.75, 3.05) is 12.4 Å². The molecule has 0 unspecified atom stereocenters. The molecule has 1 amide bonds. The largest absolute Gasteiger partial charge is 0.323 e. The first-order valence-electron chi connectivity index (χ1n) is 11.0. The molecule has 1 aliphatic carbocycles. The molecule has 1 saturated carbocycles. The van der Waals surface area contributed by atoms with E-state index in [4.69, 9.17) is 0 Å². The van der Waals surface area contributed by atoms with Gasteiger partial charge in [0.15, 0.2) is 0 Å². The van der Waals surface area contributed by atoms with Gasteiger partial charge in [0.2, 0.25) is 15.9 Å². The van der Waals surface area contributed by atoms with E-state index >= 15 is 0 Å². The van der Waals surface area contributed by atoms with Crippen molar-refractivity contribution in [3.8, 4) is 0 Å². The fourth-order valence-electron chi connectivity index (χ4n) is 4.26. The number of carbonyl (C=O) groups is 1. The lowest BCUT2D eigenvalue weighted by Gasteiger charge is -2.30. The Morgan fingerprint density at radius 2 is 1.62 bits per heavy atom. The second-order valence-electron chi connectivity index (χ2n) is 8.23. The number of sulfonamides is 1. The fourth-order valence-corrected chi connectivity index (χ4v) is 5.68. The molecule has 0 heterocycles. The predicted octanol–water partition coefficient (Wildman–Crippen LogP) is 5.44. The number of benzene rings is 3. The van der Waals surface area contributed by atoms with E-state index in [0.29, 0.717) is 5.69 Å². The Labute approximate surface area is 189 Å². The Kier molecular flexibility index (Phi) is 6.72. The summed E-state index contributed by atoms with van der Waals surface area (Å²) in [6, 6.07) is 20.4. The van der Waals surface area contributed by atoms with Gasteiger partial charge in [0.05, 0.1) is 4.90 Å². The highest BCUT2D eigenvalue weighted by Gasteiger charge is 2.28. The van der Waals surface area contributed by atoms with Gasteiger partial charge in [0.25, 0.3) is 0 Å². The normalized spacial score (nSPS) is 15.4. The van der Waals surface area contributed by atoms with Crippen molar-refractivity contribution in [3.63, 3.8) is 0 Å². The van der Waals surface area contributed by atoms with Crippen LogP contribution in [0.5, 0.6) is 0 Å². The first-order chi connectivity index (χ1) is 15.4. The molecule has 0 atom stereocenters. The van der Waals surface area contributed by atoms with E-state index < -0.39 is 10.0 Å². The van der Waals surface area contributed by atoms with Crippen LogP contribution in [-0.2, 0) is 14.8 Å². The minimum Gasteiger partial charge on any atom is -0.323 e. The maximum absolute atomic E-state index is 13.0. The highest BCUT2D eigenvalue weighted by molar-refractivity contribution is 7.89. The van der Waals surface area contributed by atoms with Crippen molar-refractivity contribution in [2.45, 2.75) is 43.0 Å². The number of hydrogen-bond donors (Lipinski definition) is 1. The summed E-state index contributed by atoms with van der Waals surface area (Å²) in [6.45, 7) is 0. The quantitative estimate of drug-likeness (QED) is 0.510. The number of amides is 1. The molecular weight excluding hydrogens is 420 g/mol. The van der Waals surface area contributed by atoms with Crippen LogP contribution in [0.1, 0.15) is 37.7 Å². The average Bonchev–Trinajstić information content (AvgIpc) is 2.83. The van der Waals surface area contributed by atoms with E-state index in [0.717, 1.165) is 42.0 Å². The van der Waals surface area contributed by atoms with Crippen LogP contribution in [0.3, 0.4) is 0 Å². The predicted molar refractivity (Wildman–Crippen MR) is 130 cm³/mol. The number of anilines is 1. The molecule has 0 aromatic heterocycles. The average molecular weight is 449 g/mol. The summed E-state index contributed by atoms with van der Waals surface area (Å²) < 4.78 is 27.4. The van der Waals surface area contributed by atoms with Crippen molar-refractivity contribution >= 4 is 38.5 Å². The maximum atomic E-state index is 13.0. The molecule has 32 heavy (non-hydrogen) atoms. The van der Waals surface area contributed by atoms with Crippen LogP contribution in [0.2, 0.25) is 0 Å².